The summed E-state index contributed by atoms with van der Waals surface area (Å²) in [6.07, 6.45) is 4.02. The van der Waals surface area contributed by atoms with Crippen LogP contribution in [0, 0.1) is 20.8 Å². The highest BCUT2D eigenvalue weighted by Gasteiger charge is 2.15. The van der Waals surface area contributed by atoms with Crippen LogP contribution in [-0.4, -0.2) is 34.0 Å². The predicted octanol–water partition coefficient (Wildman–Crippen LogP) is 2.04. The lowest BCUT2D eigenvalue weighted by Gasteiger charge is -2.04. The van der Waals surface area contributed by atoms with Crippen molar-refractivity contribution in [2.75, 3.05) is 5.84 Å². The number of nitrogen functional groups attached to an aromatic ring is 1. The first-order chi connectivity index (χ1) is 12.0. The van der Waals surface area contributed by atoms with Crippen LogP contribution in [0.3, 0.4) is 0 Å². The van der Waals surface area contributed by atoms with E-state index in [9.17, 15) is 0 Å². The molecule has 9 heteroatoms. The second-order valence-corrected chi connectivity index (χ2v) is 6.88. The van der Waals surface area contributed by atoms with Gasteiger partial charge in [0, 0.05) is 23.8 Å². The Morgan fingerprint density at radius 1 is 1.20 bits per heavy atom. The Bertz CT molecular complexity index is 1060. The van der Waals surface area contributed by atoms with Gasteiger partial charge in [0.05, 0.1) is 11.4 Å². The zero-order valence-electron chi connectivity index (χ0n) is 14.2. The fraction of sp³-hybridized carbons (Fsp3) is 0.250. The van der Waals surface area contributed by atoms with Gasteiger partial charge in [-0.2, -0.15) is 5.10 Å². The first-order valence-electron chi connectivity index (χ1n) is 7.83. The van der Waals surface area contributed by atoms with Crippen molar-refractivity contribution in [2.45, 2.75) is 31.7 Å². The van der Waals surface area contributed by atoms with Crippen molar-refractivity contribution in [3.8, 4) is 5.95 Å². The molecule has 2 N–H and O–H groups in total. The summed E-state index contributed by atoms with van der Waals surface area (Å²) in [5.74, 6) is 7.32. The largest absolute Gasteiger partial charge is 0.334 e. The van der Waals surface area contributed by atoms with Gasteiger partial charge in [-0.1, -0.05) is 17.8 Å². The number of nitrogens with two attached hydrogens (primary N) is 1. The minimum absolute atomic E-state index is 0.499. The first-order valence-corrected chi connectivity index (χ1v) is 8.81. The third-order valence-corrected chi connectivity index (χ3v) is 4.90. The maximum Gasteiger partial charge on any atom is 0.271 e. The molecule has 0 fully saturated rings. The Kier molecular flexibility index (Phi) is 3.72. The van der Waals surface area contributed by atoms with E-state index >= 15 is 0 Å². The van der Waals surface area contributed by atoms with Crippen LogP contribution in [0.25, 0.3) is 11.6 Å². The zero-order valence-corrected chi connectivity index (χ0v) is 15.0. The predicted molar refractivity (Wildman–Crippen MR) is 96.3 cm³/mol. The summed E-state index contributed by atoms with van der Waals surface area (Å²) < 4.78 is 5.19. The molecule has 0 atom stereocenters. The standard InChI is InChI=1S/C16H18N8S/c1-10-5-4-6-22-8-13(18-14(10)22)9-25-16-20-19-15(23(16)17)24-12(3)7-11(2)21-24/h4-8H,9,17H2,1-3H3. The molecule has 0 aliphatic carbocycles. The summed E-state index contributed by atoms with van der Waals surface area (Å²) in [4.78, 5) is 4.67. The molecular weight excluding hydrogens is 336 g/mol. The molecule has 0 unspecified atom stereocenters. The van der Waals surface area contributed by atoms with Gasteiger partial charge in [-0.15, -0.1) is 10.2 Å². The molecule has 4 rings (SSSR count). The van der Waals surface area contributed by atoms with Crippen molar-refractivity contribution < 1.29 is 0 Å². The third-order valence-electron chi connectivity index (χ3n) is 3.92. The van der Waals surface area contributed by atoms with Crippen molar-refractivity contribution in [2.24, 2.45) is 0 Å². The summed E-state index contributed by atoms with van der Waals surface area (Å²) in [5.41, 5.74) is 4.96. The molecule has 25 heavy (non-hydrogen) atoms. The zero-order chi connectivity index (χ0) is 17.6. The molecule has 4 aromatic rings. The van der Waals surface area contributed by atoms with Crippen molar-refractivity contribution in [1.29, 1.82) is 0 Å². The highest BCUT2D eigenvalue weighted by atomic mass is 32.2. The molecule has 0 saturated heterocycles. The molecule has 0 spiro atoms. The van der Waals surface area contributed by atoms with Crippen LogP contribution in [0.2, 0.25) is 0 Å². The lowest BCUT2D eigenvalue weighted by Crippen LogP contribution is -2.17. The summed E-state index contributed by atoms with van der Waals surface area (Å²) in [6.45, 7) is 5.94. The van der Waals surface area contributed by atoms with Crippen molar-refractivity contribution >= 4 is 17.4 Å². The Balaban J connectivity index is 1.57. The Hall–Kier alpha value is -2.81. The van der Waals surface area contributed by atoms with E-state index in [0.717, 1.165) is 28.3 Å². The summed E-state index contributed by atoms with van der Waals surface area (Å²) in [7, 11) is 0. The molecule has 4 heterocycles. The van der Waals surface area contributed by atoms with E-state index in [4.69, 9.17) is 5.84 Å². The number of rotatable bonds is 4. The van der Waals surface area contributed by atoms with Crippen LogP contribution in [0.4, 0.5) is 0 Å². The minimum atomic E-state index is 0.499. The number of aryl methyl sites for hydroxylation is 3. The second-order valence-electron chi connectivity index (χ2n) is 5.93. The minimum Gasteiger partial charge on any atom is -0.334 e. The Labute approximate surface area is 148 Å². The van der Waals surface area contributed by atoms with Gasteiger partial charge in [-0.25, -0.2) is 14.3 Å². The maximum absolute atomic E-state index is 6.16. The molecule has 0 amide bonds. The fourth-order valence-corrected chi connectivity index (χ4v) is 3.49. The second kappa shape index (κ2) is 5.92. The lowest BCUT2D eigenvalue weighted by molar-refractivity contribution is 0.727. The highest BCUT2D eigenvalue weighted by Crippen LogP contribution is 2.22. The van der Waals surface area contributed by atoms with Crippen LogP contribution in [0.15, 0.2) is 35.7 Å². The van der Waals surface area contributed by atoms with Gasteiger partial charge in [0.1, 0.15) is 5.65 Å². The molecule has 128 valence electrons. The van der Waals surface area contributed by atoms with Gasteiger partial charge in [-0.3, -0.25) is 0 Å². The van der Waals surface area contributed by atoms with E-state index in [1.54, 1.807) is 4.68 Å². The lowest BCUT2D eigenvalue weighted by atomic mass is 10.3. The van der Waals surface area contributed by atoms with Crippen LogP contribution < -0.4 is 5.84 Å². The van der Waals surface area contributed by atoms with Gasteiger partial charge >= 0.3 is 0 Å². The SMILES string of the molecule is Cc1cc(C)n(-c2nnc(SCc3cn4cccc(C)c4n3)n2N)n1. The first kappa shape index (κ1) is 15.7. The molecule has 0 bridgehead atoms. The summed E-state index contributed by atoms with van der Waals surface area (Å²) >= 11 is 1.50. The van der Waals surface area contributed by atoms with Crippen LogP contribution >= 0.6 is 11.8 Å². The van der Waals surface area contributed by atoms with E-state index < -0.39 is 0 Å². The van der Waals surface area contributed by atoms with E-state index in [1.807, 2.05) is 42.8 Å². The highest BCUT2D eigenvalue weighted by molar-refractivity contribution is 7.98. The molecule has 0 aliphatic rings. The number of pyridine rings is 1. The van der Waals surface area contributed by atoms with Crippen molar-refractivity contribution in [3.63, 3.8) is 0 Å². The number of hydrogen-bond donors (Lipinski definition) is 1. The Morgan fingerprint density at radius 3 is 2.76 bits per heavy atom. The number of aromatic nitrogens is 7. The third kappa shape index (κ3) is 2.76. The van der Waals surface area contributed by atoms with Crippen LogP contribution in [0.1, 0.15) is 22.6 Å². The number of nitrogens with zero attached hydrogens (tertiary/aromatic N) is 7. The average molecular weight is 354 g/mol. The molecule has 0 aliphatic heterocycles. The smallest absolute Gasteiger partial charge is 0.271 e. The molecule has 0 aromatic carbocycles. The van der Waals surface area contributed by atoms with E-state index in [2.05, 4.69) is 33.3 Å². The van der Waals surface area contributed by atoms with Crippen molar-refractivity contribution in [1.82, 2.24) is 34.0 Å². The molecule has 4 aromatic heterocycles. The average Bonchev–Trinajstić information content (AvgIpc) is 3.23. The van der Waals surface area contributed by atoms with Crippen molar-refractivity contribution in [3.05, 3.63) is 53.2 Å². The number of thioether (sulfide) groups is 1. The number of fused-ring (bicyclic) bond motifs is 1. The molecular formula is C16H18N8S. The monoisotopic (exact) mass is 354 g/mol. The quantitative estimate of drug-likeness (QED) is 0.445. The number of imidazole rings is 1. The molecule has 8 nitrogen and oxygen atoms in total. The topological polar surface area (TPSA) is 91.9 Å². The van der Waals surface area contributed by atoms with E-state index in [-0.39, 0.29) is 0 Å². The van der Waals surface area contributed by atoms with Gasteiger partial charge in [0.2, 0.25) is 5.16 Å². The van der Waals surface area contributed by atoms with Crippen LogP contribution in [-0.2, 0) is 5.75 Å². The Morgan fingerprint density at radius 2 is 2.04 bits per heavy atom. The number of hydrogen-bond acceptors (Lipinski definition) is 6. The van der Waals surface area contributed by atoms with E-state index in [1.165, 1.54) is 16.4 Å². The van der Waals surface area contributed by atoms with Gasteiger partial charge in [-0.05, 0) is 38.5 Å². The van der Waals surface area contributed by atoms with E-state index in [0.29, 0.717) is 16.9 Å². The fourth-order valence-electron chi connectivity index (χ4n) is 2.76. The summed E-state index contributed by atoms with van der Waals surface area (Å²) in [6, 6.07) is 6.04. The van der Waals surface area contributed by atoms with Crippen LogP contribution in [0.5, 0.6) is 0 Å². The normalized spacial score (nSPS) is 11.5. The molecule has 0 radical (unpaired) electrons. The van der Waals surface area contributed by atoms with Gasteiger partial charge in [0.25, 0.3) is 5.95 Å². The molecule has 0 saturated carbocycles. The van der Waals surface area contributed by atoms with Gasteiger partial charge < -0.3 is 10.2 Å². The maximum atomic E-state index is 6.16. The summed E-state index contributed by atoms with van der Waals surface area (Å²) in [5, 5.41) is 13.4. The van der Waals surface area contributed by atoms with Gasteiger partial charge in [0.15, 0.2) is 0 Å².